The topological polar surface area (TPSA) is 89.4 Å². The number of fused-ring (bicyclic) bond motifs is 1. The van der Waals surface area contributed by atoms with E-state index >= 15 is 0 Å². The van der Waals surface area contributed by atoms with Crippen LogP contribution in [0.25, 0.3) is 10.9 Å². The van der Waals surface area contributed by atoms with Gasteiger partial charge in [-0.25, -0.2) is 4.79 Å². The van der Waals surface area contributed by atoms with Crippen LogP contribution in [-0.2, 0) is 16.0 Å². The molecule has 1 heterocycles. The Morgan fingerprint density at radius 2 is 1.66 bits per heavy atom. The number of nitrogens with one attached hydrogen (secondary N) is 2. The Kier molecular flexibility index (Phi) is 8.47. The number of carbonyl (C=O) groups excluding carboxylic acids is 3. The molecule has 0 bridgehead atoms. The molecule has 2 aromatic carbocycles. The van der Waals surface area contributed by atoms with Crippen LogP contribution in [0, 0.1) is 0 Å². The summed E-state index contributed by atoms with van der Waals surface area (Å²) in [6.45, 7) is 6.86. The SMILES string of the molecule is CC(NC(=O)OC(C)(C)C)C(=O)NC(C=CC(=O)n1ccc2ccccc21)CCc1ccccc1. The number of allylic oxidation sites excluding steroid dienone is 1. The van der Waals surface area contributed by atoms with Crippen LogP contribution in [0.1, 0.15) is 44.5 Å². The van der Waals surface area contributed by atoms with Gasteiger partial charge in [-0.05, 0) is 58.2 Å². The highest BCUT2D eigenvalue weighted by Gasteiger charge is 2.22. The molecular formula is C28H33N3O4. The molecule has 0 saturated carbocycles. The molecule has 0 aliphatic carbocycles. The van der Waals surface area contributed by atoms with Gasteiger partial charge in [-0.2, -0.15) is 0 Å². The second-order valence-electron chi connectivity index (χ2n) is 9.45. The molecule has 35 heavy (non-hydrogen) atoms. The van der Waals surface area contributed by atoms with Gasteiger partial charge in [-0.1, -0.05) is 54.6 Å². The number of amides is 2. The average Bonchev–Trinajstić information content (AvgIpc) is 3.24. The Bertz CT molecular complexity index is 1190. The number of hydrogen-bond donors (Lipinski definition) is 2. The number of ether oxygens (including phenoxy) is 1. The fourth-order valence-corrected chi connectivity index (χ4v) is 3.59. The Morgan fingerprint density at radius 1 is 0.971 bits per heavy atom. The lowest BCUT2D eigenvalue weighted by atomic mass is 10.0. The molecule has 0 spiro atoms. The summed E-state index contributed by atoms with van der Waals surface area (Å²) in [5, 5.41) is 6.47. The number of benzene rings is 2. The first-order chi connectivity index (χ1) is 16.6. The largest absolute Gasteiger partial charge is 0.444 e. The summed E-state index contributed by atoms with van der Waals surface area (Å²) in [5.41, 5.74) is 1.29. The summed E-state index contributed by atoms with van der Waals surface area (Å²) in [4.78, 5) is 37.7. The molecule has 2 N–H and O–H groups in total. The van der Waals surface area contributed by atoms with E-state index in [0.29, 0.717) is 12.8 Å². The number of aromatic nitrogens is 1. The fourth-order valence-electron chi connectivity index (χ4n) is 3.59. The van der Waals surface area contributed by atoms with Gasteiger partial charge in [0.15, 0.2) is 0 Å². The molecule has 1 aromatic heterocycles. The van der Waals surface area contributed by atoms with E-state index in [0.717, 1.165) is 16.5 Å². The van der Waals surface area contributed by atoms with Gasteiger partial charge in [0.2, 0.25) is 5.91 Å². The molecule has 0 radical (unpaired) electrons. The maximum Gasteiger partial charge on any atom is 0.408 e. The molecule has 0 aliphatic heterocycles. The second-order valence-corrected chi connectivity index (χ2v) is 9.45. The molecule has 0 aliphatic rings. The third kappa shape index (κ3) is 7.84. The molecule has 3 aromatic rings. The molecule has 0 fully saturated rings. The number of hydrogen-bond acceptors (Lipinski definition) is 4. The minimum absolute atomic E-state index is 0.204. The van der Waals surface area contributed by atoms with Crippen LogP contribution < -0.4 is 10.6 Å². The van der Waals surface area contributed by atoms with Crippen LogP contribution in [-0.4, -0.2) is 40.2 Å². The lowest BCUT2D eigenvalue weighted by molar-refractivity contribution is -0.123. The van der Waals surface area contributed by atoms with Crippen molar-refractivity contribution in [2.45, 2.75) is 58.2 Å². The van der Waals surface area contributed by atoms with E-state index < -0.39 is 23.8 Å². The third-order valence-electron chi connectivity index (χ3n) is 5.35. The standard InChI is InChI=1S/C28H33N3O4/c1-20(29-27(34)35-28(2,3)4)26(33)30-23(15-14-21-10-6-5-7-11-21)16-17-25(32)31-19-18-22-12-8-9-13-24(22)31/h5-13,16-20,23H,14-15H2,1-4H3,(H,29,34)(H,30,33). The van der Waals surface area contributed by atoms with E-state index in [9.17, 15) is 14.4 Å². The average molecular weight is 476 g/mol. The van der Waals surface area contributed by atoms with Gasteiger partial charge in [-0.3, -0.25) is 14.2 Å². The van der Waals surface area contributed by atoms with Gasteiger partial charge >= 0.3 is 6.09 Å². The van der Waals surface area contributed by atoms with Crippen molar-refractivity contribution in [2.24, 2.45) is 0 Å². The van der Waals surface area contributed by atoms with Gasteiger partial charge < -0.3 is 15.4 Å². The van der Waals surface area contributed by atoms with Gasteiger partial charge in [0, 0.05) is 23.7 Å². The highest BCUT2D eigenvalue weighted by atomic mass is 16.6. The number of carbonyl (C=O) groups is 3. The number of nitrogens with zero attached hydrogens (tertiary/aromatic N) is 1. The predicted octanol–water partition coefficient (Wildman–Crippen LogP) is 4.87. The van der Waals surface area contributed by atoms with Crippen molar-refractivity contribution in [1.29, 1.82) is 0 Å². The zero-order valence-corrected chi connectivity index (χ0v) is 20.7. The van der Waals surface area contributed by atoms with E-state index in [-0.39, 0.29) is 11.8 Å². The summed E-state index contributed by atoms with van der Waals surface area (Å²) in [5.74, 6) is -0.567. The molecule has 2 unspecified atom stereocenters. The smallest absolute Gasteiger partial charge is 0.408 e. The number of rotatable bonds is 8. The molecule has 7 heteroatoms. The predicted molar refractivity (Wildman–Crippen MR) is 137 cm³/mol. The van der Waals surface area contributed by atoms with E-state index in [2.05, 4.69) is 10.6 Å². The van der Waals surface area contributed by atoms with Crippen molar-refractivity contribution in [3.8, 4) is 0 Å². The summed E-state index contributed by atoms with van der Waals surface area (Å²) >= 11 is 0. The monoisotopic (exact) mass is 475 g/mol. The Hall–Kier alpha value is -3.87. The number of para-hydroxylation sites is 1. The van der Waals surface area contributed by atoms with E-state index in [1.165, 1.54) is 6.08 Å². The van der Waals surface area contributed by atoms with Crippen LogP contribution in [0.5, 0.6) is 0 Å². The third-order valence-corrected chi connectivity index (χ3v) is 5.35. The molecule has 3 rings (SSSR count). The maximum atomic E-state index is 12.9. The van der Waals surface area contributed by atoms with Crippen LogP contribution in [0.15, 0.2) is 79.0 Å². The van der Waals surface area contributed by atoms with Crippen LogP contribution in [0.3, 0.4) is 0 Å². The summed E-state index contributed by atoms with van der Waals surface area (Å²) in [7, 11) is 0. The minimum Gasteiger partial charge on any atom is -0.444 e. The molecular weight excluding hydrogens is 442 g/mol. The van der Waals surface area contributed by atoms with E-state index in [1.807, 2.05) is 60.7 Å². The molecule has 184 valence electrons. The first-order valence-electron chi connectivity index (χ1n) is 11.7. The van der Waals surface area contributed by atoms with Crippen molar-refractivity contribution in [3.63, 3.8) is 0 Å². The molecule has 0 saturated heterocycles. The van der Waals surface area contributed by atoms with Crippen molar-refractivity contribution < 1.29 is 19.1 Å². The second kappa shape index (κ2) is 11.5. The van der Waals surface area contributed by atoms with Crippen LogP contribution in [0.2, 0.25) is 0 Å². The van der Waals surface area contributed by atoms with Gasteiger partial charge in [0.25, 0.3) is 5.91 Å². The van der Waals surface area contributed by atoms with Crippen molar-refractivity contribution >= 4 is 28.8 Å². The van der Waals surface area contributed by atoms with Crippen LogP contribution in [0.4, 0.5) is 4.79 Å². The fraction of sp³-hybridized carbons (Fsp3) is 0.321. The first-order valence-corrected chi connectivity index (χ1v) is 11.7. The molecule has 2 amide bonds. The number of aryl methyl sites for hydroxylation is 1. The lowest BCUT2D eigenvalue weighted by Gasteiger charge is -2.23. The van der Waals surface area contributed by atoms with Gasteiger partial charge in [0.05, 0.1) is 5.52 Å². The Morgan fingerprint density at radius 3 is 2.37 bits per heavy atom. The highest BCUT2D eigenvalue weighted by Crippen LogP contribution is 2.15. The Labute approximate surface area is 206 Å². The Balaban J connectivity index is 1.69. The highest BCUT2D eigenvalue weighted by molar-refractivity contribution is 5.98. The minimum atomic E-state index is -0.804. The molecule has 7 nitrogen and oxygen atoms in total. The van der Waals surface area contributed by atoms with Gasteiger partial charge in [-0.15, -0.1) is 0 Å². The summed E-state index contributed by atoms with van der Waals surface area (Å²) in [6, 6.07) is 18.2. The van der Waals surface area contributed by atoms with Gasteiger partial charge in [0.1, 0.15) is 11.6 Å². The zero-order chi connectivity index (χ0) is 25.4. The molecule has 2 atom stereocenters. The normalized spacial score (nSPS) is 13.4. The van der Waals surface area contributed by atoms with Crippen LogP contribution >= 0.6 is 0 Å². The zero-order valence-electron chi connectivity index (χ0n) is 20.7. The summed E-state index contributed by atoms with van der Waals surface area (Å²) < 4.78 is 6.81. The first kappa shape index (κ1) is 25.7. The van der Waals surface area contributed by atoms with E-state index in [4.69, 9.17) is 4.74 Å². The quantitative estimate of drug-likeness (QED) is 0.455. The summed E-state index contributed by atoms with van der Waals surface area (Å²) in [6.07, 6.45) is 5.57. The van der Waals surface area contributed by atoms with E-state index in [1.54, 1.807) is 44.5 Å². The van der Waals surface area contributed by atoms with Crippen molar-refractivity contribution in [3.05, 3.63) is 84.6 Å². The van der Waals surface area contributed by atoms with Crippen molar-refractivity contribution in [1.82, 2.24) is 15.2 Å². The number of alkyl carbamates (subject to hydrolysis) is 1. The van der Waals surface area contributed by atoms with Crippen molar-refractivity contribution in [2.75, 3.05) is 0 Å². The maximum absolute atomic E-state index is 12.9. The lowest BCUT2D eigenvalue weighted by Crippen LogP contribution is -2.48.